The Morgan fingerprint density at radius 2 is 2.13 bits per heavy atom. The molecule has 1 amide bonds. The SMILES string of the molecule is CNC(=O)c1ccc2c(c1)C1(CC2)CC1. The van der Waals surface area contributed by atoms with Crippen LogP contribution in [0.3, 0.4) is 0 Å². The van der Waals surface area contributed by atoms with Crippen LogP contribution < -0.4 is 5.32 Å². The number of rotatable bonds is 1. The molecule has 0 unspecified atom stereocenters. The van der Waals surface area contributed by atoms with Crippen molar-refractivity contribution in [1.82, 2.24) is 5.32 Å². The van der Waals surface area contributed by atoms with E-state index in [0.717, 1.165) is 5.56 Å². The Morgan fingerprint density at radius 3 is 2.80 bits per heavy atom. The molecule has 0 aliphatic heterocycles. The van der Waals surface area contributed by atoms with E-state index in [1.807, 2.05) is 6.07 Å². The maximum atomic E-state index is 11.5. The van der Waals surface area contributed by atoms with Crippen LogP contribution in [0.1, 0.15) is 40.7 Å². The lowest BCUT2D eigenvalue weighted by Gasteiger charge is -2.09. The lowest BCUT2D eigenvalue weighted by atomic mass is 9.96. The number of benzene rings is 1. The van der Waals surface area contributed by atoms with Gasteiger partial charge in [0.25, 0.3) is 5.91 Å². The van der Waals surface area contributed by atoms with Gasteiger partial charge in [-0.05, 0) is 54.4 Å². The van der Waals surface area contributed by atoms with E-state index in [2.05, 4.69) is 17.4 Å². The Balaban J connectivity index is 2.05. The Hall–Kier alpha value is -1.31. The molecular weight excluding hydrogens is 186 g/mol. The van der Waals surface area contributed by atoms with Gasteiger partial charge < -0.3 is 5.32 Å². The molecule has 0 radical (unpaired) electrons. The number of nitrogens with one attached hydrogen (secondary N) is 1. The molecule has 3 rings (SSSR count). The van der Waals surface area contributed by atoms with Crippen LogP contribution in [-0.2, 0) is 11.8 Å². The predicted molar refractivity (Wildman–Crippen MR) is 59.1 cm³/mol. The fourth-order valence-corrected chi connectivity index (χ4v) is 2.75. The molecule has 1 saturated carbocycles. The summed E-state index contributed by atoms with van der Waals surface area (Å²) in [5, 5.41) is 2.68. The second-order valence-electron chi connectivity index (χ2n) is 4.73. The lowest BCUT2D eigenvalue weighted by molar-refractivity contribution is 0.0963. The van der Waals surface area contributed by atoms with Crippen molar-refractivity contribution in [2.24, 2.45) is 0 Å². The van der Waals surface area contributed by atoms with Gasteiger partial charge in [0.15, 0.2) is 0 Å². The first-order chi connectivity index (χ1) is 7.25. The molecule has 2 heteroatoms. The van der Waals surface area contributed by atoms with Crippen molar-refractivity contribution in [3.05, 3.63) is 34.9 Å². The highest BCUT2D eigenvalue weighted by Crippen LogP contribution is 2.56. The van der Waals surface area contributed by atoms with Crippen LogP contribution in [0.5, 0.6) is 0 Å². The Labute approximate surface area is 89.7 Å². The van der Waals surface area contributed by atoms with Crippen molar-refractivity contribution in [3.63, 3.8) is 0 Å². The van der Waals surface area contributed by atoms with E-state index in [-0.39, 0.29) is 5.91 Å². The summed E-state index contributed by atoms with van der Waals surface area (Å²) in [5.74, 6) is 0.0282. The first-order valence-electron chi connectivity index (χ1n) is 5.61. The van der Waals surface area contributed by atoms with Crippen molar-refractivity contribution in [2.45, 2.75) is 31.1 Å². The normalized spacial score (nSPS) is 20.1. The first-order valence-corrected chi connectivity index (χ1v) is 5.61. The molecule has 0 aromatic heterocycles. The minimum absolute atomic E-state index is 0.0282. The molecule has 1 fully saturated rings. The molecule has 1 aromatic rings. The summed E-state index contributed by atoms with van der Waals surface area (Å²) in [4.78, 5) is 11.5. The molecule has 0 atom stereocenters. The second kappa shape index (κ2) is 2.84. The van der Waals surface area contributed by atoms with Gasteiger partial charge in [-0.1, -0.05) is 6.07 Å². The van der Waals surface area contributed by atoms with Gasteiger partial charge in [-0.3, -0.25) is 4.79 Å². The van der Waals surface area contributed by atoms with Crippen molar-refractivity contribution < 1.29 is 4.79 Å². The summed E-state index contributed by atoms with van der Waals surface area (Å²) in [6, 6.07) is 6.18. The predicted octanol–water partition coefficient (Wildman–Crippen LogP) is 2.02. The summed E-state index contributed by atoms with van der Waals surface area (Å²) in [7, 11) is 1.68. The third kappa shape index (κ3) is 1.21. The summed E-state index contributed by atoms with van der Waals surface area (Å²) in [5.41, 5.74) is 4.19. The third-order valence-electron chi connectivity index (χ3n) is 3.90. The minimum atomic E-state index is 0.0282. The summed E-state index contributed by atoms with van der Waals surface area (Å²) >= 11 is 0. The quantitative estimate of drug-likeness (QED) is 0.740. The van der Waals surface area contributed by atoms with Crippen molar-refractivity contribution >= 4 is 5.91 Å². The van der Waals surface area contributed by atoms with Crippen molar-refractivity contribution in [1.29, 1.82) is 0 Å². The Bertz CT molecular complexity index is 432. The van der Waals surface area contributed by atoms with Crippen LogP contribution in [0.25, 0.3) is 0 Å². The van der Waals surface area contributed by atoms with Gasteiger partial charge in [0, 0.05) is 12.6 Å². The summed E-state index contributed by atoms with van der Waals surface area (Å²) in [6.45, 7) is 0. The van der Waals surface area contributed by atoms with E-state index in [1.165, 1.54) is 36.8 Å². The highest BCUT2D eigenvalue weighted by molar-refractivity contribution is 5.94. The zero-order valence-electron chi connectivity index (χ0n) is 8.97. The van der Waals surface area contributed by atoms with Gasteiger partial charge in [0.1, 0.15) is 0 Å². The zero-order valence-corrected chi connectivity index (χ0v) is 8.97. The van der Waals surface area contributed by atoms with Gasteiger partial charge in [-0.2, -0.15) is 0 Å². The number of aryl methyl sites for hydroxylation is 1. The Kier molecular flexibility index (Phi) is 1.70. The van der Waals surface area contributed by atoms with Gasteiger partial charge in [0.05, 0.1) is 0 Å². The van der Waals surface area contributed by atoms with Gasteiger partial charge >= 0.3 is 0 Å². The number of hydrogen-bond donors (Lipinski definition) is 1. The fourth-order valence-electron chi connectivity index (χ4n) is 2.75. The maximum absolute atomic E-state index is 11.5. The first kappa shape index (κ1) is 8.96. The monoisotopic (exact) mass is 201 g/mol. The van der Waals surface area contributed by atoms with Crippen LogP contribution >= 0.6 is 0 Å². The molecule has 0 bridgehead atoms. The minimum Gasteiger partial charge on any atom is -0.355 e. The molecule has 78 valence electrons. The third-order valence-corrected chi connectivity index (χ3v) is 3.90. The standard InChI is InChI=1S/C13H15NO/c1-14-12(15)10-3-2-9-4-5-13(6-7-13)11(9)8-10/h2-3,8H,4-7H2,1H3,(H,14,15). The maximum Gasteiger partial charge on any atom is 0.251 e. The number of carbonyl (C=O) groups is 1. The number of amides is 1. The molecule has 2 aliphatic rings. The molecule has 2 nitrogen and oxygen atoms in total. The van der Waals surface area contributed by atoms with E-state index >= 15 is 0 Å². The molecule has 15 heavy (non-hydrogen) atoms. The second-order valence-corrected chi connectivity index (χ2v) is 4.73. The largest absolute Gasteiger partial charge is 0.355 e. The number of carbonyl (C=O) groups excluding carboxylic acids is 1. The van der Waals surface area contributed by atoms with Crippen LogP contribution in [0.15, 0.2) is 18.2 Å². The van der Waals surface area contributed by atoms with Crippen LogP contribution in [0, 0.1) is 0 Å². The smallest absolute Gasteiger partial charge is 0.251 e. The van der Waals surface area contributed by atoms with Gasteiger partial charge in [-0.15, -0.1) is 0 Å². The van der Waals surface area contributed by atoms with Crippen LogP contribution in [0.2, 0.25) is 0 Å². The highest BCUT2D eigenvalue weighted by atomic mass is 16.1. The average Bonchev–Trinajstić information content (AvgIpc) is 2.97. The van der Waals surface area contributed by atoms with E-state index < -0.39 is 0 Å². The van der Waals surface area contributed by atoms with Crippen molar-refractivity contribution in [3.8, 4) is 0 Å². The Morgan fingerprint density at radius 1 is 1.33 bits per heavy atom. The van der Waals surface area contributed by atoms with Gasteiger partial charge in [-0.25, -0.2) is 0 Å². The molecule has 1 spiro atoms. The molecule has 1 aromatic carbocycles. The molecule has 0 heterocycles. The van der Waals surface area contributed by atoms with Crippen LogP contribution in [0.4, 0.5) is 0 Å². The topological polar surface area (TPSA) is 29.1 Å². The van der Waals surface area contributed by atoms with Crippen LogP contribution in [-0.4, -0.2) is 13.0 Å². The van der Waals surface area contributed by atoms with E-state index in [1.54, 1.807) is 7.05 Å². The van der Waals surface area contributed by atoms with E-state index in [9.17, 15) is 4.79 Å². The molecule has 2 aliphatic carbocycles. The lowest BCUT2D eigenvalue weighted by Crippen LogP contribution is -2.18. The molecule has 0 saturated heterocycles. The van der Waals surface area contributed by atoms with E-state index in [4.69, 9.17) is 0 Å². The van der Waals surface area contributed by atoms with E-state index in [0.29, 0.717) is 5.41 Å². The zero-order chi connectivity index (χ0) is 10.5. The summed E-state index contributed by atoms with van der Waals surface area (Å²) in [6.07, 6.45) is 5.12. The van der Waals surface area contributed by atoms with Crippen molar-refractivity contribution in [2.75, 3.05) is 7.05 Å². The average molecular weight is 201 g/mol. The van der Waals surface area contributed by atoms with Gasteiger partial charge in [0.2, 0.25) is 0 Å². The number of hydrogen-bond acceptors (Lipinski definition) is 1. The highest BCUT2D eigenvalue weighted by Gasteiger charge is 2.48. The molecular formula is C13H15NO. The summed E-state index contributed by atoms with van der Waals surface area (Å²) < 4.78 is 0. The molecule has 1 N–H and O–H groups in total. The number of fused-ring (bicyclic) bond motifs is 2. The fraction of sp³-hybridized carbons (Fsp3) is 0.462.